The van der Waals surface area contributed by atoms with Crippen molar-refractivity contribution in [3.63, 3.8) is 0 Å². The molecular weight excluding hydrogens is 1030 g/mol. The molecule has 8 nitrogen and oxygen atoms in total. The highest BCUT2D eigenvalue weighted by Gasteiger charge is 2.49. The van der Waals surface area contributed by atoms with E-state index < -0.39 is 0 Å². The van der Waals surface area contributed by atoms with Gasteiger partial charge in [0.15, 0.2) is 0 Å². The number of benzene rings is 4. The van der Waals surface area contributed by atoms with Crippen LogP contribution in [0.4, 0.5) is 0 Å². The fourth-order valence-electron chi connectivity index (χ4n) is 15.5. The topological polar surface area (TPSA) is 129 Å². The van der Waals surface area contributed by atoms with Gasteiger partial charge in [-0.3, -0.25) is 0 Å². The molecule has 12 unspecified atom stereocenters. The van der Waals surface area contributed by atoms with E-state index >= 15 is 0 Å². The average Bonchev–Trinajstić information content (AvgIpc) is 2.61. The molecule has 0 aromatic heterocycles. The summed E-state index contributed by atoms with van der Waals surface area (Å²) in [5, 5.41) is 67.0. The summed E-state index contributed by atoms with van der Waals surface area (Å²) < 4.78 is 0. The van der Waals surface area contributed by atoms with Gasteiger partial charge in [0.2, 0.25) is 0 Å². The summed E-state index contributed by atoms with van der Waals surface area (Å²) in [7, 11) is 0. The summed E-state index contributed by atoms with van der Waals surface area (Å²) in [6.07, 6.45) is 13.7. The number of phenols is 4. The van der Waals surface area contributed by atoms with Gasteiger partial charge in [0, 0.05) is 72.0 Å². The standard InChI is InChI=1S/C76H112N4O4/c1-69(2,3)45-33-41(34-46(65(45)81)70(4,5)6)61-53-25-27-55(77-53)62(42-35-47(71(7,8)9)66(82)48(36-42)72(10,11)12)57-29-31-59(79-57)64(44-39-51(75(19,20)21)68(84)52(40-44)76(22,23)24)60-32-30-58(80-60)63(56-28-26-54(61)78-56)43-37-49(73(13,14)15)67(83)50(38-43)74(16,17)18/h25,27,30,32-40,53-64,77-84H,26,28-29,31H2,1-24H3. The molecule has 4 aromatic carbocycles. The van der Waals surface area contributed by atoms with Crippen molar-refractivity contribution in [3.05, 3.63) is 140 Å². The first-order valence-corrected chi connectivity index (χ1v) is 32.3. The van der Waals surface area contributed by atoms with Crippen LogP contribution in [-0.2, 0) is 43.3 Å². The van der Waals surface area contributed by atoms with Crippen LogP contribution in [0.1, 0.15) is 282 Å². The maximum Gasteiger partial charge on any atom is 0.123 e. The Morgan fingerprint density at radius 1 is 0.250 bits per heavy atom. The molecule has 0 amide bonds. The van der Waals surface area contributed by atoms with Crippen molar-refractivity contribution in [1.29, 1.82) is 0 Å². The summed E-state index contributed by atoms with van der Waals surface area (Å²) in [4.78, 5) is 0. The van der Waals surface area contributed by atoms with Gasteiger partial charge in [-0.25, -0.2) is 0 Å². The maximum atomic E-state index is 12.3. The lowest BCUT2D eigenvalue weighted by Crippen LogP contribution is -2.52. The molecule has 9 rings (SSSR count). The summed E-state index contributed by atoms with van der Waals surface area (Å²) in [6.45, 7) is 53.4. The lowest BCUT2D eigenvalue weighted by atomic mass is 9.74. The van der Waals surface area contributed by atoms with Crippen molar-refractivity contribution in [2.24, 2.45) is 0 Å². The Balaban J connectivity index is 1.31. The van der Waals surface area contributed by atoms with Gasteiger partial charge in [0.1, 0.15) is 23.0 Å². The lowest BCUT2D eigenvalue weighted by molar-refractivity contribution is 0.315. The molecule has 5 aliphatic heterocycles. The van der Waals surface area contributed by atoms with Gasteiger partial charge in [0.05, 0.1) is 0 Å². The van der Waals surface area contributed by atoms with E-state index in [1.54, 1.807) is 0 Å². The highest BCUT2D eigenvalue weighted by atomic mass is 16.3. The normalized spacial score (nSPS) is 28.2. The van der Waals surface area contributed by atoms with E-state index in [-0.39, 0.29) is 115 Å². The molecule has 0 radical (unpaired) electrons. The van der Waals surface area contributed by atoms with Crippen LogP contribution in [0.3, 0.4) is 0 Å². The van der Waals surface area contributed by atoms with Gasteiger partial charge in [-0.2, -0.15) is 0 Å². The SMILES string of the molecule is CC(C)(C)c1cc(C2C3C=CC(N3)C(c3cc(C(C)(C)C)c(O)c(C(C)(C)C)c3)C3CCC(N3)C(c3cc(C(C)(C)C)c(O)c(C(C)(C)C)c3)C3C=CC(N3)C(c3cc(C(C)(C)C)c(O)c(C(C)(C)C)c3)C3CCC2N3)cc(C(C)(C)C)c1O. The second-order valence-electron chi connectivity index (χ2n) is 35.1. The third kappa shape index (κ3) is 12.3. The molecule has 3 saturated heterocycles. The third-order valence-corrected chi connectivity index (χ3v) is 20.1. The first-order chi connectivity index (χ1) is 38.3. The Labute approximate surface area is 509 Å². The summed E-state index contributed by atoms with van der Waals surface area (Å²) in [5.41, 5.74) is 10.2. The first-order valence-electron chi connectivity index (χ1n) is 32.3. The molecule has 8 N–H and O–H groups in total. The maximum absolute atomic E-state index is 12.3. The van der Waals surface area contributed by atoms with Crippen molar-refractivity contribution in [3.8, 4) is 23.0 Å². The summed E-state index contributed by atoms with van der Waals surface area (Å²) in [5.74, 6) is 1.58. The largest absolute Gasteiger partial charge is 0.507 e. The van der Waals surface area contributed by atoms with Crippen molar-refractivity contribution in [2.45, 2.75) is 307 Å². The van der Waals surface area contributed by atoms with Crippen LogP contribution >= 0.6 is 0 Å². The zero-order valence-corrected chi connectivity index (χ0v) is 56.5. The molecule has 8 heteroatoms. The highest BCUT2D eigenvalue weighted by Crippen LogP contribution is 2.51. The smallest absolute Gasteiger partial charge is 0.123 e. The molecule has 5 aliphatic rings. The summed E-state index contributed by atoms with van der Waals surface area (Å²) >= 11 is 0. The van der Waals surface area contributed by atoms with E-state index in [0.29, 0.717) is 23.0 Å². The lowest BCUT2D eigenvalue weighted by Gasteiger charge is -2.39. The van der Waals surface area contributed by atoms with Crippen molar-refractivity contribution >= 4 is 0 Å². The Morgan fingerprint density at radius 2 is 0.393 bits per heavy atom. The molecule has 84 heavy (non-hydrogen) atoms. The first kappa shape index (κ1) is 63.9. The van der Waals surface area contributed by atoms with E-state index in [9.17, 15) is 20.4 Å². The second kappa shape index (κ2) is 21.6. The van der Waals surface area contributed by atoms with Gasteiger partial charge in [-0.15, -0.1) is 0 Å². The average molecular weight is 1150 g/mol. The van der Waals surface area contributed by atoms with Crippen LogP contribution in [0.5, 0.6) is 23.0 Å². The Kier molecular flexibility index (Phi) is 16.4. The third-order valence-electron chi connectivity index (χ3n) is 20.1. The number of fused-ring (bicyclic) bond motifs is 8. The van der Waals surface area contributed by atoms with Gasteiger partial charge >= 0.3 is 0 Å². The fourth-order valence-corrected chi connectivity index (χ4v) is 15.5. The van der Waals surface area contributed by atoms with Crippen molar-refractivity contribution < 1.29 is 20.4 Å². The van der Waals surface area contributed by atoms with Gasteiger partial charge < -0.3 is 41.7 Å². The van der Waals surface area contributed by atoms with E-state index in [2.05, 4.69) is 260 Å². The molecular formula is C76H112N4O4. The number of aromatic hydroxyl groups is 4. The van der Waals surface area contributed by atoms with Crippen LogP contribution in [-0.4, -0.2) is 68.8 Å². The molecule has 0 spiro atoms. The van der Waals surface area contributed by atoms with Crippen molar-refractivity contribution in [1.82, 2.24) is 21.3 Å². The van der Waals surface area contributed by atoms with Crippen molar-refractivity contribution in [2.75, 3.05) is 0 Å². The van der Waals surface area contributed by atoms with E-state index in [0.717, 1.165) is 70.2 Å². The predicted octanol–water partition coefficient (Wildman–Crippen LogP) is 16.4. The van der Waals surface area contributed by atoms with Gasteiger partial charge in [-0.1, -0.05) is 239 Å². The zero-order valence-electron chi connectivity index (χ0n) is 56.5. The molecule has 12 atom stereocenters. The van der Waals surface area contributed by atoms with Crippen LogP contribution in [0.15, 0.2) is 72.8 Å². The highest BCUT2D eigenvalue weighted by molar-refractivity contribution is 5.56. The van der Waals surface area contributed by atoms with Gasteiger partial charge in [0.25, 0.3) is 0 Å². The molecule has 0 saturated carbocycles. The molecule has 0 aliphatic carbocycles. The molecule has 8 bridgehead atoms. The minimum atomic E-state index is -0.313. The Bertz CT molecular complexity index is 2620. The summed E-state index contributed by atoms with van der Waals surface area (Å²) in [6, 6.07) is 18.8. The molecule has 4 aromatic rings. The zero-order chi connectivity index (χ0) is 62.3. The van der Waals surface area contributed by atoms with Gasteiger partial charge in [-0.05, 0) is 136 Å². The number of hydrogen-bond acceptors (Lipinski definition) is 8. The number of phenolic OH excluding ortho intramolecular Hbond substituents is 4. The molecule has 5 heterocycles. The quantitative estimate of drug-likeness (QED) is 0.0949. The number of rotatable bonds is 4. The minimum Gasteiger partial charge on any atom is -0.507 e. The predicted molar refractivity (Wildman–Crippen MR) is 353 cm³/mol. The van der Waals surface area contributed by atoms with Crippen LogP contribution in [0, 0.1) is 0 Å². The van der Waals surface area contributed by atoms with E-state index in [4.69, 9.17) is 0 Å². The van der Waals surface area contributed by atoms with Crippen LogP contribution < -0.4 is 21.3 Å². The number of nitrogens with one attached hydrogen (secondary N) is 4. The fraction of sp³-hybridized carbons (Fsp3) is 0.632. The monoisotopic (exact) mass is 1140 g/mol. The molecule has 3 fully saturated rings. The minimum absolute atomic E-state index is 0.00421. The van der Waals surface area contributed by atoms with Crippen LogP contribution in [0.2, 0.25) is 0 Å². The van der Waals surface area contributed by atoms with Crippen LogP contribution in [0.25, 0.3) is 0 Å². The second-order valence-corrected chi connectivity index (χ2v) is 35.1. The van der Waals surface area contributed by atoms with E-state index in [1.807, 2.05) is 0 Å². The molecule has 460 valence electrons. The van der Waals surface area contributed by atoms with E-state index in [1.165, 1.54) is 22.3 Å². The Hall–Kier alpha value is -4.60. The number of hydrogen-bond donors (Lipinski definition) is 8. The Morgan fingerprint density at radius 3 is 0.524 bits per heavy atom.